The normalized spacial score (nSPS) is 18.7. The first-order valence-electron chi connectivity index (χ1n) is 12.1. The van der Waals surface area contributed by atoms with Crippen molar-refractivity contribution in [1.29, 1.82) is 0 Å². The van der Waals surface area contributed by atoms with Crippen LogP contribution in [0, 0.1) is 0 Å². The Morgan fingerprint density at radius 3 is 2.54 bits per heavy atom. The minimum Gasteiger partial charge on any atom is -0.503 e. The molecule has 1 amide bonds. The van der Waals surface area contributed by atoms with Gasteiger partial charge in [0.15, 0.2) is 23.0 Å². The van der Waals surface area contributed by atoms with Gasteiger partial charge in [0, 0.05) is 13.1 Å². The van der Waals surface area contributed by atoms with Crippen LogP contribution in [0.1, 0.15) is 44.1 Å². The Morgan fingerprint density at radius 2 is 1.86 bits per heavy atom. The number of allylic oxidation sites excluding steroid dienone is 1. The maximum Gasteiger partial charge on any atom is 0.290 e. The number of nitrogens with zero attached hydrogens (tertiary/aromatic N) is 2. The maximum atomic E-state index is 13.3. The van der Waals surface area contributed by atoms with Gasteiger partial charge in [-0.05, 0) is 81.8 Å². The first-order chi connectivity index (χ1) is 17.0. The number of amides is 1. The second kappa shape index (κ2) is 11.3. The van der Waals surface area contributed by atoms with Crippen LogP contribution >= 0.6 is 0 Å². The molecule has 35 heavy (non-hydrogen) atoms. The van der Waals surface area contributed by atoms with Crippen LogP contribution in [0.4, 0.5) is 0 Å². The molecule has 3 heterocycles. The van der Waals surface area contributed by atoms with Gasteiger partial charge in [-0.25, -0.2) is 0 Å². The molecule has 186 valence electrons. The molecule has 1 unspecified atom stereocenters. The molecule has 0 bridgehead atoms. The number of aliphatic hydroxyl groups is 1. The molecular weight excluding hydrogens is 448 g/mol. The van der Waals surface area contributed by atoms with E-state index in [1.165, 1.54) is 18.4 Å². The molecule has 0 saturated carbocycles. The summed E-state index contributed by atoms with van der Waals surface area (Å²) in [6, 6.07) is 8.08. The molecule has 1 N–H and O–H groups in total. The van der Waals surface area contributed by atoms with E-state index in [0.29, 0.717) is 49.1 Å². The lowest BCUT2D eigenvalue weighted by Gasteiger charge is -2.29. The van der Waals surface area contributed by atoms with Crippen LogP contribution in [0.3, 0.4) is 0 Å². The number of benzene rings is 1. The monoisotopic (exact) mass is 480 g/mol. The molecule has 0 aliphatic carbocycles. The third-order valence-corrected chi connectivity index (χ3v) is 6.25. The zero-order chi connectivity index (χ0) is 24.8. The molecule has 2 aliphatic rings. The average Bonchev–Trinajstić information content (AvgIpc) is 3.61. The van der Waals surface area contributed by atoms with E-state index < -0.39 is 23.5 Å². The van der Waals surface area contributed by atoms with Gasteiger partial charge < -0.3 is 28.8 Å². The molecule has 1 aromatic heterocycles. The third kappa shape index (κ3) is 5.43. The fourth-order valence-corrected chi connectivity index (χ4v) is 4.61. The molecular formula is C27H32N2O6. The fourth-order valence-electron chi connectivity index (χ4n) is 4.61. The van der Waals surface area contributed by atoms with Gasteiger partial charge in [0.1, 0.15) is 5.76 Å². The molecule has 1 aromatic carbocycles. The van der Waals surface area contributed by atoms with E-state index in [0.717, 1.165) is 25.9 Å². The highest BCUT2D eigenvalue weighted by Crippen LogP contribution is 2.41. The number of furan rings is 1. The van der Waals surface area contributed by atoms with E-state index in [1.807, 2.05) is 19.9 Å². The van der Waals surface area contributed by atoms with Gasteiger partial charge >= 0.3 is 0 Å². The highest BCUT2D eigenvalue weighted by molar-refractivity contribution is 6.14. The number of ether oxygens (including phenoxy) is 2. The zero-order valence-electron chi connectivity index (χ0n) is 20.2. The summed E-state index contributed by atoms with van der Waals surface area (Å²) >= 11 is 0. The van der Waals surface area contributed by atoms with Gasteiger partial charge in [-0.15, -0.1) is 0 Å². The average molecular weight is 481 g/mol. The summed E-state index contributed by atoms with van der Waals surface area (Å²) in [6.07, 6.45) is 6.64. The molecule has 0 radical (unpaired) electrons. The molecule has 1 saturated heterocycles. The smallest absolute Gasteiger partial charge is 0.290 e. The van der Waals surface area contributed by atoms with E-state index in [4.69, 9.17) is 13.9 Å². The first kappa shape index (κ1) is 24.6. The van der Waals surface area contributed by atoms with Crippen molar-refractivity contribution in [2.24, 2.45) is 0 Å². The Kier molecular flexibility index (Phi) is 7.92. The number of likely N-dealkylation sites (tertiary alicyclic amines) is 1. The Morgan fingerprint density at radius 1 is 1.11 bits per heavy atom. The Bertz CT molecular complexity index is 1100. The van der Waals surface area contributed by atoms with E-state index in [1.54, 1.807) is 29.2 Å². The number of aliphatic hydroxyl groups excluding tert-OH is 1. The lowest BCUT2D eigenvalue weighted by atomic mass is 9.95. The van der Waals surface area contributed by atoms with Gasteiger partial charge in [-0.3, -0.25) is 9.59 Å². The number of carbonyl (C=O) groups excluding carboxylic acids is 2. The summed E-state index contributed by atoms with van der Waals surface area (Å²) in [6.45, 7) is 7.72. The summed E-state index contributed by atoms with van der Waals surface area (Å²) in [4.78, 5) is 30.3. The fraction of sp³-hybridized carbons (Fsp3) is 0.407. The molecule has 2 aliphatic heterocycles. The number of hydrogen-bond donors (Lipinski definition) is 1. The van der Waals surface area contributed by atoms with Crippen molar-refractivity contribution in [3.63, 3.8) is 0 Å². The van der Waals surface area contributed by atoms with Crippen LogP contribution in [0.2, 0.25) is 0 Å². The van der Waals surface area contributed by atoms with Gasteiger partial charge in [0.05, 0.1) is 31.1 Å². The molecule has 1 atom stereocenters. The number of carbonyl (C=O) groups is 2. The lowest BCUT2D eigenvalue weighted by molar-refractivity contribution is -0.129. The highest BCUT2D eigenvalue weighted by Gasteiger charge is 2.43. The van der Waals surface area contributed by atoms with Crippen LogP contribution in [-0.4, -0.2) is 66.0 Å². The van der Waals surface area contributed by atoms with Crippen molar-refractivity contribution < 1.29 is 28.6 Å². The molecule has 8 nitrogen and oxygen atoms in total. The van der Waals surface area contributed by atoms with Gasteiger partial charge in [0.2, 0.25) is 0 Å². The van der Waals surface area contributed by atoms with Crippen LogP contribution in [0.15, 0.2) is 58.4 Å². The summed E-state index contributed by atoms with van der Waals surface area (Å²) in [7, 11) is 0. The van der Waals surface area contributed by atoms with Crippen molar-refractivity contribution in [2.75, 3.05) is 39.4 Å². The summed E-state index contributed by atoms with van der Waals surface area (Å²) in [5.41, 5.74) is 0.719. The largest absolute Gasteiger partial charge is 0.503 e. The maximum absolute atomic E-state index is 13.3. The molecule has 2 aromatic rings. The molecule has 8 heteroatoms. The van der Waals surface area contributed by atoms with Gasteiger partial charge in [-0.2, -0.15) is 0 Å². The van der Waals surface area contributed by atoms with Crippen molar-refractivity contribution in [3.8, 4) is 11.5 Å². The van der Waals surface area contributed by atoms with Crippen LogP contribution in [0.25, 0.3) is 6.08 Å². The van der Waals surface area contributed by atoms with Gasteiger partial charge in [-0.1, -0.05) is 6.07 Å². The predicted molar refractivity (Wildman–Crippen MR) is 131 cm³/mol. The van der Waals surface area contributed by atoms with E-state index >= 15 is 0 Å². The highest BCUT2D eigenvalue weighted by atomic mass is 16.5. The van der Waals surface area contributed by atoms with Crippen molar-refractivity contribution >= 4 is 17.8 Å². The summed E-state index contributed by atoms with van der Waals surface area (Å²) in [5.74, 6) is 0.110. The van der Waals surface area contributed by atoms with Crippen molar-refractivity contribution in [1.82, 2.24) is 9.80 Å². The number of hydrogen-bond acceptors (Lipinski definition) is 7. The van der Waals surface area contributed by atoms with Crippen LogP contribution in [0.5, 0.6) is 11.5 Å². The second-order valence-electron chi connectivity index (χ2n) is 8.50. The van der Waals surface area contributed by atoms with E-state index in [9.17, 15) is 14.7 Å². The van der Waals surface area contributed by atoms with Crippen LogP contribution < -0.4 is 9.47 Å². The van der Waals surface area contributed by atoms with E-state index in [2.05, 4.69) is 4.90 Å². The van der Waals surface area contributed by atoms with Crippen molar-refractivity contribution in [3.05, 3.63) is 65.3 Å². The minimum atomic E-state index is -0.742. The topological polar surface area (TPSA) is 92.5 Å². The first-order valence-corrected chi connectivity index (χ1v) is 12.1. The van der Waals surface area contributed by atoms with Gasteiger partial charge in [0.25, 0.3) is 5.91 Å². The predicted octanol–water partition coefficient (Wildman–Crippen LogP) is 4.15. The molecule has 0 spiro atoms. The minimum absolute atomic E-state index is 0.0471. The Hall–Kier alpha value is -3.52. The standard InChI is InChI=1S/C27H32N2O6/c1-3-33-22-12-9-19(18-23(22)34-4-2)25-24(21(30)11-10-20-8-7-17-35-20)26(31)27(32)29(25)16-15-28-13-5-6-14-28/h7-12,17-18,25,31H,3-6,13-16H2,1-2H3/b11-10+. The third-order valence-electron chi connectivity index (χ3n) is 6.25. The van der Waals surface area contributed by atoms with Crippen LogP contribution in [-0.2, 0) is 9.59 Å². The van der Waals surface area contributed by atoms with E-state index in [-0.39, 0.29) is 5.57 Å². The number of ketones is 1. The summed E-state index contributed by atoms with van der Waals surface area (Å²) in [5, 5.41) is 10.8. The quantitative estimate of drug-likeness (QED) is 0.483. The molecule has 1 fully saturated rings. The second-order valence-corrected chi connectivity index (χ2v) is 8.50. The number of rotatable bonds is 11. The lowest BCUT2D eigenvalue weighted by Crippen LogP contribution is -2.37. The van der Waals surface area contributed by atoms with Crippen molar-refractivity contribution in [2.45, 2.75) is 32.7 Å². The zero-order valence-corrected chi connectivity index (χ0v) is 20.2. The summed E-state index contributed by atoms with van der Waals surface area (Å²) < 4.78 is 16.7. The Labute approximate surface area is 205 Å². The SMILES string of the molecule is CCOc1ccc(C2C(C(=O)/C=C/c3ccco3)=C(O)C(=O)N2CCN2CCCC2)cc1OCC. The molecule has 4 rings (SSSR count). The Balaban J connectivity index is 1.69.